The van der Waals surface area contributed by atoms with Gasteiger partial charge in [-0.2, -0.15) is 0 Å². The van der Waals surface area contributed by atoms with Crippen LogP contribution in [0.4, 0.5) is 11.6 Å². The molecule has 6 nitrogen and oxygen atoms in total. The Morgan fingerprint density at radius 3 is 2.50 bits per heavy atom. The molecule has 14 heavy (non-hydrogen) atoms. The highest BCUT2D eigenvalue weighted by molar-refractivity contribution is 5.30. The summed E-state index contributed by atoms with van der Waals surface area (Å²) in [6, 6.07) is 0. The number of hydrogen-bond donors (Lipinski definition) is 1. The van der Waals surface area contributed by atoms with Crippen LogP contribution in [-0.2, 0) is 0 Å². The van der Waals surface area contributed by atoms with Gasteiger partial charge in [0.25, 0.3) is 0 Å². The van der Waals surface area contributed by atoms with E-state index >= 15 is 0 Å². The van der Waals surface area contributed by atoms with Gasteiger partial charge in [-0.3, -0.25) is 10.1 Å². The zero-order valence-electron chi connectivity index (χ0n) is 8.10. The molecule has 0 bridgehead atoms. The summed E-state index contributed by atoms with van der Waals surface area (Å²) in [6.45, 7) is 4.86. The summed E-state index contributed by atoms with van der Waals surface area (Å²) in [7, 11) is 0. The Kier molecular flexibility index (Phi) is 3.33. The minimum absolute atomic E-state index is 0.0971. The van der Waals surface area contributed by atoms with Gasteiger partial charge in [0.1, 0.15) is 12.4 Å². The lowest BCUT2D eigenvalue weighted by Crippen LogP contribution is -2.10. The highest BCUT2D eigenvalue weighted by Crippen LogP contribution is 2.08. The lowest BCUT2D eigenvalue weighted by molar-refractivity contribution is -0.385. The highest BCUT2D eigenvalue weighted by Gasteiger charge is 2.06. The molecular formula is C8H12N4O2. The Hall–Kier alpha value is -1.72. The van der Waals surface area contributed by atoms with Crippen LogP contribution in [0.15, 0.2) is 12.4 Å². The fourth-order valence-electron chi connectivity index (χ4n) is 0.802. The molecule has 0 saturated heterocycles. The van der Waals surface area contributed by atoms with Crippen molar-refractivity contribution in [2.45, 2.75) is 13.8 Å². The Morgan fingerprint density at radius 2 is 2.07 bits per heavy atom. The molecule has 0 aromatic carbocycles. The van der Waals surface area contributed by atoms with Gasteiger partial charge in [-0.25, -0.2) is 9.97 Å². The second-order valence-electron chi connectivity index (χ2n) is 3.30. The van der Waals surface area contributed by atoms with Gasteiger partial charge in [-0.15, -0.1) is 0 Å². The molecule has 1 N–H and O–H groups in total. The summed E-state index contributed by atoms with van der Waals surface area (Å²) in [5.41, 5.74) is -0.0971. The highest BCUT2D eigenvalue weighted by atomic mass is 16.6. The van der Waals surface area contributed by atoms with E-state index in [9.17, 15) is 10.1 Å². The molecule has 0 amide bonds. The zero-order chi connectivity index (χ0) is 10.6. The minimum Gasteiger partial charge on any atom is -0.354 e. The maximum Gasteiger partial charge on any atom is 0.305 e. The maximum absolute atomic E-state index is 10.3. The van der Waals surface area contributed by atoms with E-state index in [0.717, 1.165) is 6.54 Å². The monoisotopic (exact) mass is 196 g/mol. The first kappa shape index (κ1) is 10.4. The normalized spacial score (nSPS) is 10.2. The maximum atomic E-state index is 10.3. The average molecular weight is 196 g/mol. The van der Waals surface area contributed by atoms with Crippen molar-refractivity contribution in [1.82, 2.24) is 9.97 Å². The van der Waals surface area contributed by atoms with Crippen LogP contribution in [0, 0.1) is 16.0 Å². The topological polar surface area (TPSA) is 81.0 Å². The minimum atomic E-state index is -0.522. The fourth-order valence-corrected chi connectivity index (χ4v) is 0.802. The molecule has 0 saturated carbocycles. The first-order valence-electron chi connectivity index (χ1n) is 4.30. The summed E-state index contributed by atoms with van der Waals surface area (Å²) >= 11 is 0. The predicted molar refractivity (Wildman–Crippen MR) is 52.0 cm³/mol. The van der Waals surface area contributed by atoms with Gasteiger partial charge in [0.15, 0.2) is 0 Å². The van der Waals surface area contributed by atoms with Crippen molar-refractivity contribution in [3.63, 3.8) is 0 Å². The van der Waals surface area contributed by atoms with E-state index in [1.807, 2.05) is 0 Å². The Labute approximate surface area is 81.5 Å². The van der Waals surface area contributed by atoms with Gasteiger partial charge in [-0.1, -0.05) is 13.8 Å². The lowest BCUT2D eigenvalue weighted by Gasteiger charge is -2.05. The van der Waals surface area contributed by atoms with Crippen molar-refractivity contribution < 1.29 is 4.92 Å². The largest absolute Gasteiger partial charge is 0.354 e. The molecule has 0 atom stereocenters. The van der Waals surface area contributed by atoms with Crippen molar-refractivity contribution in [1.29, 1.82) is 0 Å². The van der Waals surface area contributed by atoms with Crippen LogP contribution >= 0.6 is 0 Å². The number of aromatic nitrogens is 2. The molecule has 1 heterocycles. The van der Waals surface area contributed by atoms with Gasteiger partial charge >= 0.3 is 5.69 Å². The van der Waals surface area contributed by atoms with Gasteiger partial charge in [0.2, 0.25) is 5.95 Å². The molecular weight excluding hydrogens is 184 g/mol. The number of nitrogens with one attached hydrogen (secondary N) is 1. The SMILES string of the molecule is CC(C)CNc1ncc([N+](=O)[O-])cn1. The van der Waals surface area contributed by atoms with Gasteiger partial charge < -0.3 is 5.32 Å². The van der Waals surface area contributed by atoms with E-state index in [1.54, 1.807) is 0 Å². The van der Waals surface area contributed by atoms with E-state index < -0.39 is 4.92 Å². The van der Waals surface area contributed by atoms with Crippen molar-refractivity contribution >= 4 is 11.6 Å². The number of rotatable bonds is 4. The second-order valence-corrected chi connectivity index (χ2v) is 3.30. The third kappa shape index (κ3) is 2.96. The molecule has 0 aliphatic carbocycles. The van der Waals surface area contributed by atoms with Gasteiger partial charge in [0, 0.05) is 6.54 Å². The first-order valence-corrected chi connectivity index (χ1v) is 4.30. The predicted octanol–water partition coefficient (Wildman–Crippen LogP) is 1.45. The molecule has 76 valence electrons. The van der Waals surface area contributed by atoms with E-state index in [-0.39, 0.29) is 5.69 Å². The van der Waals surface area contributed by atoms with Crippen molar-refractivity contribution in [3.8, 4) is 0 Å². The summed E-state index contributed by atoms with van der Waals surface area (Å²) in [4.78, 5) is 17.4. The number of hydrogen-bond acceptors (Lipinski definition) is 5. The second kappa shape index (κ2) is 4.50. The summed E-state index contributed by atoms with van der Waals surface area (Å²) < 4.78 is 0. The fraction of sp³-hybridized carbons (Fsp3) is 0.500. The summed E-state index contributed by atoms with van der Waals surface area (Å²) in [5.74, 6) is 0.901. The van der Waals surface area contributed by atoms with Crippen LogP contribution in [0.2, 0.25) is 0 Å². The van der Waals surface area contributed by atoms with Crippen LogP contribution in [0.3, 0.4) is 0 Å². The van der Waals surface area contributed by atoms with Crippen LogP contribution < -0.4 is 5.32 Å². The molecule has 0 unspecified atom stereocenters. The summed E-state index contributed by atoms with van der Waals surface area (Å²) in [5, 5.41) is 13.2. The summed E-state index contributed by atoms with van der Waals surface area (Å²) in [6.07, 6.45) is 2.38. The molecule has 0 aliphatic rings. The molecule has 0 fully saturated rings. The molecule has 0 aliphatic heterocycles. The Balaban J connectivity index is 2.60. The smallest absolute Gasteiger partial charge is 0.305 e. The molecule has 6 heteroatoms. The molecule has 0 radical (unpaired) electrons. The van der Waals surface area contributed by atoms with Crippen molar-refractivity contribution in [2.24, 2.45) is 5.92 Å². The van der Waals surface area contributed by atoms with Crippen LogP contribution in [0.1, 0.15) is 13.8 Å². The van der Waals surface area contributed by atoms with E-state index in [0.29, 0.717) is 11.9 Å². The molecule has 1 aromatic rings. The van der Waals surface area contributed by atoms with Crippen LogP contribution in [-0.4, -0.2) is 21.4 Å². The van der Waals surface area contributed by atoms with Crippen LogP contribution in [0.5, 0.6) is 0 Å². The van der Waals surface area contributed by atoms with Crippen molar-refractivity contribution in [3.05, 3.63) is 22.5 Å². The number of nitrogens with zero attached hydrogens (tertiary/aromatic N) is 3. The van der Waals surface area contributed by atoms with Crippen LogP contribution in [0.25, 0.3) is 0 Å². The standard InChI is InChI=1S/C8H12N4O2/c1-6(2)3-9-8-10-4-7(5-11-8)12(13)14/h4-6H,3H2,1-2H3,(H,9,10,11). The van der Waals surface area contributed by atoms with Gasteiger partial charge in [0.05, 0.1) is 4.92 Å². The quantitative estimate of drug-likeness (QED) is 0.582. The average Bonchev–Trinajstić information content (AvgIpc) is 2.15. The third-order valence-electron chi connectivity index (χ3n) is 1.52. The Morgan fingerprint density at radius 1 is 1.50 bits per heavy atom. The molecule has 0 spiro atoms. The first-order chi connectivity index (χ1) is 6.59. The molecule has 1 aromatic heterocycles. The zero-order valence-corrected chi connectivity index (χ0v) is 8.10. The Bertz CT molecular complexity index is 310. The number of anilines is 1. The van der Waals surface area contributed by atoms with E-state index in [2.05, 4.69) is 29.1 Å². The van der Waals surface area contributed by atoms with E-state index in [1.165, 1.54) is 12.4 Å². The van der Waals surface area contributed by atoms with E-state index in [4.69, 9.17) is 0 Å². The van der Waals surface area contributed by atoms with Gasteiger partial charge in [-0.05, 0) is 5.92 Å². The third-order valence-corrected chi connectivity index (χ3v) is 1.52. The lowest BCUT2D eigenvalue weighted by atomic mass is 10.2. The van der Waals surface area contributed by atoms with Crippen molar-refractivity contribution in [2.75, 3.05) is 11.9 Å². The number of nitro groups is 1. The molecule has 1 rings (SSSR count).